The zero-order chi connectivity index (χ0) is 13.1. The van der Waals surface area contributed by atoms with E-state index in [1.807, 2.05) is 4.90 Å². The largest absolute Gasteiger partial charge is 0.314 e. The van der Waals surface area contributed by atoms with E-state index in [2.05, 4.69) is 11.9 Å². The Labute approximate surface area is 128 Å². The first kappa shape index (κ1) is 19.2. The highest BCUT2D eigenvalue weighted by molar-refractivity contribution is 5.85. The quantitative estimate of drug-likeness (QED) is 0.677. The standard InChI is InChI=1S/C13H15F3N2.2ClH/c1-2-11(18-7-5-17-6-8-18)9-3-4-10(14)13(16)12(9)15;;/h2-4,11,17H,1,5-8H2;2*1H/t11-;;/m1../s1. The molecule has 1 heterocycles. The summed E-state index contributed by atoms with van der Waals surface area (Å²) >= 11 is 0. The number of hydrogen-bond acceptors (Lipinski definition) is 2. The number of nitrogens with zero attached hydrogens (tertiary/aromatic N) is 1. The van der Waals surface area contributed by atoms with Crippen molar-refractivity contribution in [2.24, 2.45) is 0 Å². The summed E-state index contributed by atoms with van der Waals surface area (Å²) in [5.41, 5.74) is 0.130. The lowest BCUT2D eigenvalue weighted by molar-refractivity contribution is 0.199. The Hall–Kier alpha value is -0.750. The third kappa shape index (κ3) is 3.88. The molecule has 1 atom stereocenters. The second kappa shape index (κ2) is 8.52. The first-order chi connectivity index (χ1) is 8.65. The molecule has 1 aromatic rings. The molecule has 0 unspecified atom stereocenters. The number of nitrogens with one attached hydrogen (secondary N) is 1. The first-order valence-electron chi connectivity index (χ1n) is 5.86. The van der Waals surface area contributed by atoms with E-state index in [9.17, 15) is 13.2 Å². The van der Waals surface area contributed by atoms with E-state index >= 15 is 0 Å². The molecule has 0 aromatic heterocycles. The van der Waals surface area contributed by atoms with Crippen molar-refractivity contribution < 1.29 is 13.2 Å². The summed E-state index contributed by atoms with van der Waals surface area (Å²) in [5.74, 6) is -3.72. The van der Waals surface area contributed by atoms with Gasteiger partial charge in [-0.25, -0.2) is 13.2 Å². The number of halogens is 5. The predicted molar refractivity (Wildman–Crippen MR) is 78.2 cm³/mol. The molecule has 1 aromatic carbocycles. The number of rotatable bonds is 3. The molecule has 20 heavy (non-hydrogen) atoms. The minimum Gasteiger partial charge on any atom is -0.314 e. The van der Waals surface area contributed by atoms with E-state index in [0.717, 1.165) is 32.2 Å². The van der Waals surface area contributed by atoms with E-state index in [1.165, 1.54) is 6.07 Å². The molecule has 1 aliphatic heterocycles. The zero-order valence-corrected chi connectivity index (χ0v) is 12.4. The molecule has 1 N–H and O–H groups in total. The van der Waals surface area contributed by atoms with Crippen LogP contribution in [-0.2, 0) is 0 Å². The van der Waals surface area contributed by atoms with E-state index < -0.39 is 23.5 Å². The molecule has 2 rings (SSSR count). The van der Waals surface area contributed by atoms with Gasteiger partial charge in [-0.2, -0.15) is 0 Å². The van der Waals surface area contributed by atoms with Gasteiger partial charge in [-0.05, 0) is 6.07 Å². The fraction of sp³-hybridized carbons (Fsp3) is 0.385. The third-order valence-corrected chi connectivity index (χ3v) is 3.15. The lowest BCUT2D eigenvalue weighted by atomic mass is 10.0. The molecule has 2 nitrogen and oxygen atoms in total. The smallest absolute Gasteiger partial charge is 0.194 e. The summed E-state index contributed by atoms with van der Waals surface area (Å²) < 4.78 is 39.9. The van der Waals surface area contributed by atoms with Gasteiger partial charge in [0, 0.05) is 31.7 Å². The highest BCUT2D eigenvalue weighted by Gasteiger charge is 2.24. The second-order valence-electron chi connectivity index (χ2n) is 4.23. The number of benzene rings is 1. The van der Waals surface area contributed by atoms with Gasteiger partial charge < -0.3 is 5.32 Å². The summed E-state index contributed by atoms with van der Waals surface area (Å²) in [6.45, 7) is 6.67. The average Bonchev–Trinajstić information content (AvgIpc) is 2.41. The Morgan fingerprint density at radius 1 is 1.10 bits per heavy atom. The van der Waals surface area contributed by atoms with Gasteiger partial charge in [-0.3, -0.25) is 4.90 Å². The van der Waals surface area contributed by atoms with Crippen LogP contribution in [0.25, 0.3) is 0 Å². The lowest BCUT2D eigenvalue weighted by Gasteiger charge is -2.33. The summed E-state index contributed by atoms with van der Waals surface area (Å²) in [5, 5.41) is 3.18. The third-order valence-electron chi connectivity index (χ3n) is 3.15. The van der Waals surface area contributed by atoms with E-state index in [0.29, 0.717) is 0 Å². The van der Waals surface area contributed by atoms with E-state index in [4.69, 9.17) is 0 Å². The van der Waals surface area contributed by atoms with Crippen molar-refractivity contribution in [1.82, 2.24) is 10.2 Å². The van der Waals surface area contributed by atoms with Crippen LogP contribution in [-0.4, -0.2) is 31.1 Å². The van der Waals surface area contributed by atoms with Crippen molar-refractivity contribution in [2.45, 2.75) is 6.04 Å². The van der Waals surface area contributed by atoms with Crippen molar-refractivity contribution in [1.29, 1.82) is 0 Å². The fourth-order valence-corrected chi connectivity index (χ4v) is 2.20. The van der Waals surface area contributed by atoms with Crippen LogP contribution >= 0.6 is 24.8 Å². The minimum absolute atomic E-state index is 0. The Morgan fingerprint density at radius 3 is 2.25 bits per heavy atom. The van der Waals surface area contributed by atoms with Crippen LogP contribution in [0, 0.1) is 17.5 Å². The first-order valence-corrected chi connectivity index (χ1v) is 5.86. The zero-order valence-electron chi connectivity index (χ0n) is 10.7. The molecular weight excluding hydrogens is 312 g/mol. The summed E-state index contributed by atoms with van der Waals surface area (Å²) in [7, 11) is 0. The van der Waals surface area contributed by atoms with Crippen LogP contribution in [0.4, 0.5) is 13.2 Å². The van der Waals surface area contributed by atoms with Crippen molar-refractivity contribution in [3.63, 3.8) is 0 Å². The number of hydrogen-bond donors (Lipinski definition) is 1. The molecule has 0 aliphatic carbocycles. The van der Waals surface area contributed by atoms with Crippen LogP contribution in [0.2, 0.25) is 0 Å². The monoisotopic (exact) mass is 328 g/mol. The Bertz CT molecular complexity index is 451. The number of piperazine rings is 1. The molecule has 0 spiro atoms. The van der Waals surface area contributed by atoms with Gasteiger partial charge >= 0.3 is 0 Å². The van der Waals surface area contributed by atoms with Crippen molar-refractivity contribution in [3.8, 4) is 0 Å². The second-order valence-corrected chi connectivity index (χ2v) is 4.23. The highest BCUT2D eigenvalue weighted by Crippen LogP contribution is 2.27. The van der Waals surface area contributed by atoms with Crippen molar-refractivity contribution in [2.75, 3.05) is 26.2 Å². The van der Waals surface area contributed by atoms with E-state index in [1.54, 1.807) is 6.08 Å². The summed E-state index contributed by atoms with van der Waals surface area (Å²) in [6.07, 6.45) is 1.56. The molecular formula is C13H17Cl2F3N2. The molecule has 114 valence electrons. The molecule has 1 saturated heterocycles. The predicted octanol–water partition coefficient (Wildman–Crippen LogP) is 3.08. The van der Waals surface area contributed by atoms with Gasteiger partial charge in [0.05, 0.1) is 6.04 Å². The van der Waals surface area contributed by atoms with Gasteiger partial charge in [0.2, 0.25) is 0 Å². The van der Waals surface area contributed by atoms with Crippen molar-refractivity contribution in [3.05, 3.63) is 47.8 Å². The highest BCUT2D eigenvalue weighted by atomic mass is 35.5. The Balaban J connectivity index is 0.00000180. The van der Waals surface area contributed by atoms with Gasteiger partial charge in [0.25, 0.3) is 0 Å². The van der Waals surface area contributed by atoms with Crippen LogP contribution in [0.3, 0.4) is 0 Å². The fourth-order valence-electron chi connectivity index (χ4n) is 2.20. The lowest BCUT2D eigenvalue weighted by Crippen LogP contribution is -2.44. The van der Waals surface area contributed by atoms with Gasteiger partial charge in [0.1, 0.15) is 0 Å². The minimum atomic E-state index is -1.42. The maximum atomic E-state index is 13.7. The topological polar surface area (TPSA) is 15.3 Å². The van der Waals surface area contributed by atoms with Crippen LogP contribution in [0.5, 0.6) is 0 Å². The Kier molecular flexibility index (Phi) is 8.20. The molecule has 0 bridgehead atoms. The van der Waals surface area contributed by atoms with Crippen LogP contribution < -0.4 is 5.32 Å². The van der Waals surface area contributed by atoms with Crippen LogP contribution in [0.1, 0.15) is 11.6 Å². The van der Waals surface area contributed by atoms with Crippen molar-refractivity contribution >= 4 is 24.8 Å². The molecule has 0 amide bonds. The van der Waals surface area contributed by atoms with E-state index in [-0.39, 0.29) is 30.4 Å². The average molecular weight is 329 g/mol. The normalized spacial score (nSPS) is 16.8. The summed E-state index contributed by atoms with van der Waals surface area (Å²) in [4.78, 5) is 1.99. The maximum Gasteiger partial charge on any atom is 0.194 e. The van der Waals surface area contributed by atoms with Gasteiger partial charge in [0.15, 0.2) is 17.5 Å². The van der Waals surface area contributed by atoms with Gasteiger partial charge in [-0.15, -0.1) is 31.4 Å². The Morgan fingerprint density at radius 2 is 1.70 bits per heavy atom. The molecule has 7 heteroatoms. The molecule has 0 radical (unpaired) electrons. The van der Waals surface area contributed by atoms with Crippen LogP contribution in [0.15, 0.2) is 24.8 Å². The molecule has 1 fully saturated rings. The maximum absolute atomic E-state index is 13.7. The molecule has 0 saturated carbocycles. The summed E-state index contributed by atoms with van der Waals surface area (Å²) in [6, 6.07) is 1.80. The molecule has 1 aliphatic rings. The SMILES string of the molecule is C=C[C@H](c1ccc(F)c(F)c1F)N1CCNCC1.Cl.Cl. The van der Waals surface area contributed by atoms with Gasteiger partial charge in [-0.1, -0.05) is 12.1 Å².